The van der Waals surface area contributed by atoms with E-state index in [0.29, 0.717) is 6.61 Å². The van der Waals surface area contributed by atoms with Crippen LogP contribution in [0.15, 0.2) is 48.5 Å². The third-order valence-corrected chi connectivity index (χ3v) is 5.34. The summed E-state index contributed by atoms with van der Waals surface area (Å²) in [5.41, 5.74) is 4.25. The molecule has 1 aliphatic carbocycles. The first-order valence-electron chi connectivity index (χ1n) is 9.46. The van der Waals surface area contributed by atoms with E-state index in [2.05, 4.69) is 28.9 Å². The fourth-order valence-corrected chi connectivity index (χ4v) is 3.99. The van der Waals surface area contributed by atoms with E-state index in [0.717, 1.165) is 48.3 Å². The Morgan fingerprint density at radius 2 is 1.70 bits per heavy atom. The van der Waals surface area contributed by atoms with E-state index in [1.54, 1.807) is 0 Å². The summed E-state index contributed by atoms with van der Waals surface area (Å²) in [5, 5.41) is 8.96. The standard InChI is InChI=1S/C23H23NO3/c25-22(26)15-17-11-12-24(16-17)13-14-27-23-20-7-3-1-5-18(20)9-10-19-6-2-4-8-21(19)23/h1-8,17,23H,11-16H2,(H,25,26). The van der Waals surface area contributed by atoms with Crippen molar-refractivity contribution in [1.29, 1.82) is 0 Å². The van der Waals surface area contributed by atoms with Gasteiger partial charge in [-0.05, 0) is 31.0 Å². The van der Waals surface area contributed by atoms with Gasteiger partial charge in [0, 0.05) is 41.8 Å². The predicted molar refractivity (Wildman–Crippen MR) is 103 cm³/mol. The minimum absolute atomic E-state index is 0.141. The number of nitrogens with zero attached hydrogens (tertiary/aromatic N) is 1. The van der Waals surface area contributed by atoms with Crippen LogP contribution in [0.25, 0.3) is 0 Å². The molecule has 1 unspecified atom stereocenters. The lowest BCUT2D eigenvalue weighted by atomic mass is 9.96. The number of benzene rings is 2. The number of carbonyl (C=O) groups is 1. The van der Waals surface area contributed by atoms with Crippen LogP contribution in [0, 0.1) is 17.8 Å². The van der Waals surface area contributed by atoms with Gasteiger partial charge in [0.25, 0.3) is 0 Å². The van der Waals surface area contributed by atoms with Crippen LogP contribution in [0.4, 0.5) is 0 Å². The molecule has 2 aromatic carbocycles. The fraction of sp³-hybridized carbons (Fsp3) is 0.348. The largest absolute Gasteiger partial charge is 0.481 e. The topological polar surface area (TPSA) is 49.8 Å². The molecule has 4 heteroatoms. The number of fused-ring (bicyclic) bond motifs is 2. The lowest BCUT2D eigenvalue weighted by molar-refractivity contribution is -0.138. The lowest BCUT2D eigenvalue weighted by Gasteiger charge is -2.22. The van der Waals surface area contributed by atoms with Gasteiger partial charge in [-0.3, -0.25) is 4.79 Å². The molecule has 2 aromatic rings. The van der Waals surface area contributed by atoms with Crippen molar-refractivity contribution in [2.24, 2.45) is 5.92 Å². The van der Waals surface area contributed by atoms with Crippen LogP contribution in [0.5, 0.6) is 0 Å². The second-order valence-electron chi connectivity index (χ2n) is 7.23. The first-order valence-corrected chi connectivity index (χ1v) is 9.46. The summed E-state index contributed by atoms with van der Waals surface area (Å²) in [7, 11) is 0. The van der Waals surface area contributed by atoms with Crippen molar-refractivity contribution in [3.05, 3.63) is 70.8 Å². The predicted octanol–water partition coefficient (Wildman–Crippen LogP) is 3.30. The number of rotatable bonds is 6. The molecular weight excluding hydrogens is 338 g/mol. The molecule has 0 amide bonds. The van der Waals surface area contributed by atoms with Gasteiger partial charge in [0.1, 0.15) is 6.10 Å². The minimum Gasteiger partial charge on any atom is -0.481 e. The first kappa shape index (κ1) is 17.8. The highest BCUT2D eigenvalue weighted by molar-refractivity contribution is 5.67. The number of carboxylic acid groups (broad SMARTS) is 1. The van der Waals surface area contributed by atoms with Gasteiger partial charge in [0.2, 0.25) is 0 Å². The third kappa shape index (κ3) is 4.05. The second kappa shape index (κ2) is 7.96. The van der Waals surface area contributed by atoms with Gasteiger partial charge in [0.15, 0.2) is 0 Å². The lowest BCUT2D eigenvalue weighted by Crippen LogP contribution is -2.26. The highest BCUT2D eigenvalue weighted by Crippen LogP contribution is 2.32. The molecule has 138 valence electrons. The van der Waals surface area contributed by atoms with Gasteiger partial charge in [-0.1, -0.05) is 48.2 Å². The van der Waals surface area contributed by atoms with Gasteiger partial charge < -0.3 is 14.7 Å². The van der Waals surface area contributed by atoms with Crippen molar-refractivity contribution in [2.75, 3.05) is 26.2 Å². The molecule has 0 bridgehead atoms. The molecule has 0 aromatic heterocycles. The van der Waals surface area contributed by atoms with Crippen molar-refractivity contribution in [3.63, 3.8) is 0 Å². The number of hydrogen-bond acceptors (Lipinski definition) is 3. The maximum absolute atomic E-state index is 10.9. The zero-order valence-corrected chi connectivity index (χ0v) is 15.2. The van der Waals surface area contributed by atoms with Crippen LogP contribution in [-0.4, -0.2) is 42.2 Å². The molecule has 1 saturated heterocycles. The molecule has 27 heavy (non-hydrogen) atoms. The Labute approximate surface area is 159 Å². The molecule has 0 saturated carbocycles. The Bertz CT molecular complexity index is 844. The molecule has 0 spiro atoms. The zero-order valence-electron chi connectivity index (χ0n) is 15.2. The van der Waals surface area contributed by atoms with Crippen LogP contribution >= 0.6 is 0 Å². The minimum atomic E-state index is -0.704. The molecule has 4 nitrogen and oxygen atoms in total. The van der Waals surface area contributed by atoms with Crippen LogP contribution in [0.3, 0.4) is 0 Å². The summed E-state index contributed by atoms with van der Waals surface area (Å²) in [4.78, 5) is 13.2. The van der Waals surface area contributed by atoms with E-state index in [4.69, 9.17) is 9.84 Å². The van der Waals surface area contributed by atoms with Gasteiger partial charge in [-0.25, -0.2) is 0 Å². The maximum Gasteiger partial charge on any atom is 0.303 e. The number of hydrogen-bond donors (Lipinski definition) is 1. The number of aliphatic carboxylic acids is 1. The fourth-order valence-electron chi connectivity index (χ4n) is 3.99. The Morgan fingerprint density at radius 3 is 2.33 bits per heavy atom. The van der Waals surface area contributed by atoms with Crippen LogP contribution < -0.4 is 0 Å². The van der Waals surface area contributed by atoms with Crippen molar-refractivity contribution >= 4 is 5.97 Å². The van der Waals surface area contributed by atoms with E-state index in [9.17, 15) is 4.79 Å². The molecule has 0 radical (unpaired) electrons. The van der Waals surface area contributed by atoms with E-state index in [-0.39, 0.29) is 18.4 Å². The molecular formula is C23H23NO3. The quantitative estimate of drug-likeness (QED) is 0.802. The van der Waals surface area contributed by atoms with E-state index < -0.39 is 5.97 Å². The van der Waals surface area contributed by atoms with Crippen molar-refractivity contribution in [1.82, 2.24) is 4.90 Å². The van der Waals surface area contributed by atoms with E-state index in [1.165, 1.54) is 0 Å². The maximum atomic E-state index is 10.9. The Kier molecular flexibility index (Phi) is 5.24. The summed E-state index contributed by atoms with van der Waals surface area (Å²) >= 11 is 0. The average Bonchev–Trinajstić information content (AvgIpc) is 3.04. The van der Waals surface area contributed by atoms with Crippen LogP contribution in [0.1, 0.15) is 41.2 Å². The van der Waals surface area contributed by atoms with Crippen molar-refractivity contribution in [3.8, 4) is 11.8 Å². The summed E-state index contributed by atoms with van der Waals surface area (Å²) < 4.78 is 6.36. The third-order valence-electron chi connectivity index (χ3n) is 5.34. The summed E-state index contributed by atoms with van der Waals surface area (Å²) in [6.45, 7) is 3.21. The van der Waals surface area contributed by atoms with Gasteiger partial charge in [-0.2, -0.15) is 0 Å². The Balaban J connectivity index is 1.45. The van der Waals surface area contributed by atoms with Crippen molar-refractivity contribution in [2.45, 2.75) is 18.9 Å². The molecule has 1 heterocycles. The van der Waals surface area contributed by atoms with Crippen molar-refractivity contribution < 1.29 is 14.6 Å². The first-order chi connectivity index (χ1) is 13.2. The number of carboxylic acids is 1. The average molecular weight is 361 g/mol. The summed E-state index contributed by atoms with van der Waals surface area (Å²) in [6.07, 6.45) is 1.07. The molecule has 1 fully saturated rings. The monoisotopic (exact) mass is 361 g/mol. The molecule has 1 atom stereocenters. The van der Waals surface area contributed by atoms with Crippen LogP contribution in [0.2, 0.25) is 0 Å². The summed E-state index contributed by atoms with van der Waals surface area (Å²) in [5.74, 6) is 6.10. The smallest absolute Gasteiger partial charge is 0.303 e. The van der Waals surface area contributed by atoms with E-state index >= 15 is 0 Å². The van der Waals surface area contributed by atoms with Gasteiger partial charge in [0.05, 0.1) is 6.61 Å². The molecule has 2 aliphatic rings. The van der Waals surface area contributed by atoms with Gasteiger partial charge >= 0.3 is 5.97 Å². The zero-order chi connectivity index (χ0) is 18.6. The van der Waals surface area contributed by atoms with Gasteiger partial charge in [-0.15, -0.1) is 0 Å². The highest BCUT2D eigenvalue weighted by Gasteiger charge is 2.26. The Hall–Kier alpha value is -2.61. The normalized spacial score (nSPS) is 18.9. The molecule has 1 N–H and O–H groups in total. The van der Waals surface area contributed by atoms with Crippen LogP contribution in [-0.2, 0) is 9.53 Å². The SMILES string of the molecule is O=C(O)CC1CCN(CCOC2c3ccccc3C#Cc3ccccc32)C1. The van der Waals surface area contributed by atoms with E-state index in [1.807, 2.05) is 36.4 Å². The summed E-state index contributed by atoms with van der Waals surface area (Å²) in [6, 6.07) is 16.3. The number of likely N-dealkylation sites (tertiary alicyclic amines) is 1. The highest BCUT2D eigenvalue weighted by atomic mass is 16.5. The number of ether oxygens (including phenoxy) is 1. The molecule has 4 rings (SSSR count). The molecule has 1 aliphatic heterocycles. The Morgan fingerprint density at radius 1 is 1.07 bits per heavy atom. The second-order valence-corrected chi connectivity index (χ2v) is 7.23.